The van der Waals surface area contributed by atoms with Crippen molar-refractivity contribution in [3.8, 4) is 0 Å². The number of hydrogen-bond donors (Lipinski definition) is 1. The van der Waals surface area contributed by atoms with Crippen molar-refractivity contribution < 1.29 is 27.8 Å². The van der Waals surface area contributed by atoms with E-state index in [4.69, 9.17) is 9.47 Å². The third-order valence-corrected chi connectivity index (χ3v) is 11.5. The van der Waals surface area contributed by atoms with E-state index in [1.807, 2.05) is 30.3 Å². The Balaban J connectivity index is 1.13. The molecule has 4 aliphatic heterocycles. The SMILES string of the molecule is CCC1(CN2CC3(CC4CCC(C3)N4CC[C@H](NC(=O)C3CCC(F)(F)CC3)c3ccccc3)N(C(C)C)C2=O)COCOC1. The van der Waals surface area contributed by atoms with Gasteiger partial charge in [0.1, 0.15) is 6.79 Å². The number of ether oxygens (including phenoxy) is 2. The average Bonchev–Trinajstić information content (AvgIpc) is 3.43. The minimum Gasteiger partial charge on any atom is -0.355 e. The predicted molar refractivity (Wildman–Crippen MR) is 168 cm³/mol. The van der Waals surface area contributed by atoms with E-state index in [1.54, 1.807) is 0 Å². The largest absolute Gasteiger partial charge is 0.355 e. The quantitative estimate of drug-likeness (QED) is 0.345. The first-order valence-electron chi connectivity index (χ1n) is 17.3. The number of benzene rings is 1. The van der Waals surface area contributed by atoms with Crippen LogP contribution in [0.1, 0.15) is 96.6 Å². The van der Waals surface area contributed by atoms with E-state index in [0.717, 1.165) is 57.2 Å². The molecule has 3 amide bonds. The highest BCUT2D eigenvalue weighted by molar-refractivity contribution is 5.79. The molecular formula is C35H52F2N4O4. The van der Waals surface area contributed by atoms with Crippen LogP contribution in [-0.4, -0.2) is 95.9 Å². The van der Waals surface area contributed by atoms with Crippen LogP contribution < -0.4 is 5.32 Å². The highest BCUT2D eigenvalue weighted by atomic mass is 19.3. The molecule has 4 saturated heterocycles. The molecule has 1 aliphatic carbocycles. The summed E-state index contributed by atoms with van der Waals surface area (Å²) < 4.78 is 38.9. The Morgan fingerprint density at radius 3 is 2.27 bits per heavy atom. The molecule has 10 heteroatoms. The predicted octanol–water partition coefficient (Wildman–Crippen LogP) is 5.97. The topological polar surface area (TPSA) is 74.4 Å². The average molecular weight is 631 g/mol. The van der Waals surface area contributed by atoms with E-state index in [9.17, 15) is 18.4 Å². The van der Waals surface area contributed by atoms with Crippen LogP contribution in [0.15, 0.2) is 30.3 Å². The number of halogens is 2. The van der Waals surface area contributed by atoms with Gasteiger partial charge in [-0.25, -0.2) is 13.6 Å². The van der Waals surface area contributed by atoms with Crippen LogP contribution in [0.2, 0.25) is 0 Å². The maximum absolute atomic E-state index is 14.0. The van der Waals surface area contributed by atoms with E-state index in [0.29, 0.717) is 38.6 Å². The van der Waals surface area contributed by atoms with Crippen molar-refractivity contribution in [1.82, 2.24) is 20.0 Å². The summed E-state index contributed by atoms with van der Waals surface area (Å²) in [5.41, 5.74) is 0.697. The molecule has 2 bridgehead atoms. The lowest BCUT2D eigenvalue weighted by Gasteiger charge is -2.49. The van der Waals surface area contributed by atoms with Crippen LogP contribution in [0.5, 0.6) is 0 Å². The third kappa shape index (κ3) is 6.75. The molecule has 6 rings (SSSR count). The minimum atomic E-state index is -2.65. The number of carbonyl (C=O) groups excluding carboxylic acids is 2. The van der Waals surface area contributed by atoms with Gasteiger partial charge in [0.2, 0.25) is 11.8 Å². The Morgan fingerprint density at radius 1 is 1.02 bits per heavy atom. The first-order valence-corrected chi connectivity index (χ1v) is 17.3. The summed E-state index contributed by atoms with van der Waals surface area (Å²) in [7, 11) is 0. The van der Waals surface area contributed by atoms with Crippen molar-refractivity contribution in [2.75, 3.05) is 39.6 Å². The minimum absolute atomic E-state index is 0.101. The molecule has 1 N–H and O–H groups in total. The van der Waals surface area contributed by atoms with Gasteiger partial charge in [-0.1, -0.05) is 37.3 Å². The molecule has 1 aromatic carbocycles. The number of fused-ring (bicyclic) bond motifs is 2. The van der Waals surface area contributed by atoms with Crippen molar-refractivity contribution in [3.05, 3.63) is 35.9 Å². The second-order valence-electron chi connectivity index (χ2n) is 14.9. The molecule has 1 spiro atoms. The molecule has 0 aromatic heterocycles. The number of rotatable bonds is 10. The Morgan fingerprint density at radius 2 is 1.67 bits per heavy atom. The van der Waals surface area contributed by atoms with Gasteiger partial charge in [0.25, 0.3) is 0 Å². The molecule has 5 aliphatic rings. The molecule has 2 unspecified atom stereocenters. The smallest absolute Gasteiger partial charge is 0.320 e. The summed E-state index contributed by atoms with van der Waals surface area (Å²) >= 11 is 0. The van der Waals surface area contributed by atoms with E-state index < -0.39 is 5.92 Å². The lowest BCUT2D eigenvalue weighted by molar-refractivity contribution is -0.169. The number of nitrogens with zero attached hydrogens (tertiary/aromatic N) is 3. The summed E-state index contributed by atoms with van der Waals surface area (Å²) in [6, 6.07) is 10.9. The van der Waals surface area contributed by atoms with Crippen molar-refractivity contribution in [3.63, 3.8) is 0 Å². The summed E-state index contributed by atoms with van der Waals surface area (Å²) in [6.07, 6.45) is 5.84. The summed E-state index contributed by atoms with van der Waals surface area (Å²) in [5, 5.41) is 3.26. The molecule has 250 valence electrons. The van der Waals surface area contributed by atoms with Gasteiger partial charge in [0.15, 0.2) is 0 Å². The van der Waals surface area contributed by atoms with E-state index in [1.165, 1.54) is 0 Å². The molecule has 1 aromatic rings. The van der Waals surface area contributed by atoms with Crippen molar-refractivity contribution >= 4 is 11.9 Å². The second kappa shape index (κ2) is 13.1. The monoisotopic (exact) mass is 630 g/mol. The number of amides is 3. The van der Waals surface area contributed by atoms with Gasteiger partial charge in [-0.3, -0.25) is 9.69 Å². The molecule has 0 radical (unpaired) electrons. The Hall–Kier alpha value is -2.30. The standard InChI is InChI=1S/C35H52F2N4O4/c1-4-33(22-44-24-45-23-33)20-39-21-34(41(25(2)3)32(39)43)18-28-10-11-29(19-34)40(28)17-14-30(26-8-6-5-7-9-26)38-31(42)27-12-15-35(36,37)16-13-27/h5-9,25,27-30H,4,10-24H2,1-3H3,(H,38,42)/t28?,29?,30-,34?/m0/s1. The number of carbonyl (C=O) groups is 2. The zero-order valence-corrected chi connectivity index (χ0v) is 27.3. The number of hydrogen-bond acceptors (Lipinski definition) is 5. The maximum atomic E-state index is 14.0. The summed E-state index contributed by atoms with van der Waals surface area (Å²) in [6.45, 7) is 10.2. The number of urea groups is 1. The molecule has 4 heterocycles. The van der Waals surface area contributed by atoms with Crippen molar-refractivity contribution in [1.29, 1.82) is 0 Å². The van der Waals surface area contributed by atoms with Crippen LogP contribution in [0.3, 0.4) is 0 Å². The van der Waals surface area contributed by atoms with Crippen LogP contribution >= 0.6 is 0 Å². The summed E-state index contributed by atoms with van der Waals surface area (Å²) in [4.78, 5) is 34.2. The van der Waals surface area contributed by atoms with Gasteiger partial charge < -0.3 is 24.6 Å². The molecule has 8 nitrogen and oxygen atoms in total. The molecule has 3 atom stereocenters. The van der Waals surface area contributed by atoms with Crippen LogP contribution in [0, 0.1) is 11.3 Å². The van der Waals surface area contributed by atoms with E-state index in [-0.39, 0.29) is 66.6 Å². The Kier molecular flexibility index (Phi) is 9.48. The summed E-state index contributed by atoms with van der Waals surface area (Å²) in [5.74, 6) is -3.11. The lowest BCUT2D eigenvalue weighted by atomic mass is 9.80. The van der Waals surface area contributed by atoms with Crippen LogP contribution in [-0.2, 0) is 14.3 Å². The van der Waals surface area contributed by atoms with Gasteiger partial charge in [-0.2, -0.15) is 0 Å². The number of nitrogens with one attached hydrogen (secondary N) is 1. The van der Waals surface area contributed by atoms with E-state index >= 15 is 0 Å². The first-order chi connectivity index (χ1) is 21.5. The van der Waals surface area contributed by atoms with Gasteiger partial charge in [-0.05, 0) is 70.8 Å². The lowest BCUT2D eigenvalue weighted by Crippen LogP contribution is -2.60. The number of alkyl halides is 2. The van der Waals surface area contributed by atoms with Crippen LogP contribution in [0.4, 0.5) is 13.6 Å². The molecule has 1 saturated carbocycles. The molecular weight excluding hydrogens is 578 g/mol. The van der Waals surface area contributed by atoms with Gasteiger partial charge in [-0.15, -0.1) is 0 Å². The molecule has 45 heavy (non-hydrogen) atoms. The Bertz CT molecular complexity index is 1170. The van der Waals surface area contributed by atoms with Crippen molar-refractivity contribution in [2.24, 2.45) is 11.3 Å². The van der Waals surface area contributed by atoms with E-state index in [2.05, 4.69) is 40.8 Å². The fourth-order valence-corrected chi connectivity index (χ4v) is 9.16. The van der Waals surface area contributed by atoms with Gasteiger partial charge >= 0.3 is 6.03 Å². The third-order valence-electron chi connectivity index (χ3n) is 11.5. The highest BCUT2D eigenvalue weighted by Gasteiger charge is 2.58. The number of piperidine rings is 1. The molecule has 5 fully saturated rings. The first kappa shape index (κ1) is 32.6. The highest BCUT2D eigenvalue weighted by Crippen LogP contribution is 2.48. The zero-order valence-electron chi connectivity index (χ0n) is 27.3. The fourth-order valence-electron chi connectivity index (χ4n) is 9.16. The zero-order chi connectivity index (χ0) is 31.8. The maximum Gasteiger partial charge on any atom is 0.320 e. The fraction of sp³-hybridized carbons (Fsp3) is 0.771. The van der Waals surface area contributed by atoms with Gasteiger partial charge in [0, 0.05) is 61.9 Å². The van der Waals surface area contributed by atoms with Crippen molar-refractivity contribution in [2.45, 2.75) is 121 Å². The Labute approximate surface area is 267 Å². The normalized spacial score (nSPS) is 30.8. The van der Waals surface area contributed by atoms with Gasteiger partial charge in [0.05, 0.1) is 24.8 Å². The van der Waals surface area contributed by atoms with Crippen LogP contribution in [0.25, 0.3) is 0 Å². The second-order valence-corrected chi connectivity index (χ2v) is 14.9.